The van der Waals surface area contributed by atoms with Gasteiger partial charge in [-0.25, -0.2) is 0 Å². The molecule has 116 valence electrons. The Bertz CT molecular complexity index is 525. The van der Waals surface area contributed by atoms with Crippen molar-refractivity contribution in [2.75, 3.05) is 19.0 Å². The van der Waals surface area contributed by atoms with E-state index in [1.807, 2.05) is 6.92 Å². The molecular formula is C15H21NO5. The number of carbonyl (C=O) groups excluding carboxylic acids is 1. The molecule has 0 bridgehead atoms. The lowest BCUT2D eigenvalue weighted by atomic mass is 9.89. The van der Waals surface area contributed by atoms with E-state index in [0.717, 1.165) is 0 Å². The van der Waals surface area contributed by atoms with Crippen molar-refractivity contribution in [1.29, 1.82) is 0 Å². The van der Waals surface area contributed by atoms with Gasteiger partial charge in [0.05, 0.1) is 19.1 Å². The molecule has 0 unspecified atom stereocenters. The molecule has 1 aromatic carbocycles. The number of anilines is 1. The summed E-state index contributed by atoms with van der Waals surface area (Å²) >= 11 is 0. The van der Waals surface area contributed by atoms with Crippen LogP contribution in [0.3, 0.4) is 0 Å². The van der Waals surface area contributed by atoms with E-state index in [1.165, 1.54) is 21.0 Å². The number of nitrogens with one attached hydrogen (secondary N) is 1. The summed E-state index contributed by atoms with van der Waals surface area (Å²) in [7, 11) is 1.53. The maximum absolute atomic E-state index is 11.9. The molecule has 1 amide bonds. The molecule has 2 N–H and O–H groups in total. The molecule has 0 spiro atoms. The average molecular weight is 295 g/mol. The number of aliphatic carboxylic acids is 1. The number of methoxy groups -OCH3 is 1. The van der Waals surface area contributed by atoms with Crippen LogP contribution in [-0.4, -0.2) is 30.7 Å². The van der Waals surface area contributed by atoms with Crippen molar-refractivity contribution in [1.82, 2.24) is 0 Å². The average Bonchev–Trinajstić information content (AvgIpc) is 2.38. The van der Waals surface area contributed by atoms with Gasteiger partial charge in [0, 0.05) is 18.2 Å². The van der Waals surface area contributed by atoms with Gasteiger partial charge in [-0.15, -0.1) is 0 Å². The highest BCUT2D eigenvalue weighted by atomic mass is 16.5. The lowest BCUT2D eigenvalue weighted by Gasteiger charge is -2.18. The van der Waals surface area contributed by atoms with E-state index >= 15 is 0 Å². The van der Waals surface area contributed by atoms with E-state index in [2.05, 4.69) is 5.32 Å². The third-order valence-corrected chi connectivity index (χ3v) is 2.93. The van der Waals surface area contributed by atoms with Gasteiger partial charge >= 0.3 is 5.97 Å². The summed E-state index contributed by atoms with van der Waals surface area (Å²) in [5.74, 6) is -0.284. The standard InChI is InChI=1S/C15H21NO5/c1-5-21-12-8-10(6-7-11(12)20-4)16-13(17)9-15(2,3)14(18)19/h6-8H,5,9H2,1-4H3,(H,16,17)(H,18,19). The van der Waals surface area contributed by atoms with Gasteiger partial charge in [0.15, 0.2) is 11.5 Å². The van der Waals surface area contributed by atoms with Crippen molar-refractivity contribution >= 4 is 17.6 Å². The van der Waals surface area contributed by atoms with Crippen LogP contribution in [0.1, 0.15) is 27.2 Å². The molecule has 0 aliphatic heterocycles. The Labute approximate surface area is 124 Å². The largest absolute Gasteiger partial charge is 0.493 e. The van der Waals surface area contributed by atoms with Crippen LogP contribution in [0.15, 0.2) is 18.2 Å². The number of carboxylic acid groups (broad SMARTS) is 1. The number of ether oxygens (including phenoxy) is 2. The molecule has 21 heavy (non-hydrogen) atoms. The predicted molar refractivity (Wildman–Crippen MR) is 78.8 cm³/mol. The zero-order chi connectivity index (χ0) is 16.0. The zero-order valence-corrected chi connectivity index (χ0v) is 12.7. The van der Waals surface area contributed by atoms with E-state index in [1.54, 1.807) is 18.2 Å². The van der Waals surface area contributed by atoms with Crippen LogP contribution in [0.25, 0.3) is 0 Å². The molecule has 0 radical (unpaired) electrons. The van der Waals surface area contributed by atoms with Crippen molar-refractivity contribution in [3.63, 3.8) is 0 Å². The van der Waals surface area contributed by atoms with Gasteiger partial charge in [0.2, 0.25) is 5.91 Å². The van der Waals surface area contributed by atoms with E-state index in [-0.39, 0.29) is 12.3 Å². The Hall–Kier alpha value is -2.24. The summed E-state index contributed by atoms with van der Waals surface area (Å²) in [5.41, 5.74) is -0.579. The first-order valence-electron chi connectivity index (χ1n) is 6.64. The zero-order valence-electron chi connectivity index (χ0n) is 12.7. The molecule has 1 rings (SSSR count). The number of hydrogen-bond donors (Lipinski definition) is 2. The van der Waals surface area contributed by atoms with Crippen molar-refractivity contribution < 1.29 is 24.2 Å². The molecule has 0 saturated heterocycles. The van der Waals surface area contributed by atoms with Crippen LogP contribution in [0.4, 0.5) is 5.69 Å². The molecule has 0 heterocycles. The number of carbonyl (C=O) groups is 2. The molecular weight excluding hydrogens is 274 g/mol. The Morgan fingerprint density at radius 2 is 1.95 bits per heavy atom. The van der Waals surface area contributed by atoms with E-state index in [4.69, 9.17) is 14.6 Å². The van der Waals surface area contributed by atoms with Crippen molar-refractivity contribution in [2.24, 2.45) is 5.41 Å². The van der Waals surface area contributed by atoms with Crippen LogP contribution in [0, 0.1) is 5.41 Å². The second-order valence-electron chi connectivity index (χ2n) is 5.21. The smallest absolute Gasteiger partial charge is 0.309 e. The Morgan fingerprint density at radius 1 is 1.29 bits per heavy atom. The van der Waals surface area contributed by atoms with Crippen LogP contribution >= 0.6 is 0 Å². The fourth-order valence-corrected chi connectivity index (χ4v) is 1.70. The van der Waals surface area contributed by atoms with Crippen LogP contribution in [-0.2, 0) is 9.59 Å². The molecule has 6 nitrogen and oxygen atoms in total. The minimum atomic E-state index is -1.11. The maximum atomic E-state index is 11.9. The van der Waals surface area contributed by atoms with E-state index < -0.39 is 11.4 Å². The Balaban J connectivity index is 2.81. The van der Waals surface area contributed by atoms with Gasteiger partial charge < -0.3 is 19.9 Å². The van der Waals surface area contributed by atoms with Crippen molar-refractivity contribution in [3.05, 3.63) is 18.2 Å². The summed E-state index contributed by atoms with van der Waals surface area (Å²) in [5, 5.41) is 11.7. The van der Waals surface area contributed by atoms with Crippen LogP contribution in [0.5, 0.6) is 11.5 Å². The number of benzene rings is 1. The van der Waals surface area contributed by atoms with Gasteiger partial charge in [0.1, 0.15) is 0 Å². The molecule has 0 atom stereocenters. The Kier molecular flexibility index (Phi) is 5.58. The van der Waals surface area contributed by atoms with Gasteiger partial charge in [0.25, 0.3) is 0 Å². The second-order valence-corrected chi connectivity index (χ2v) is 5.21. The third-order valence-electron chi connectivity index (χ3n) is 2.93. The van der Waals surface area contributed by atoms with Gasteiger partial charge in [-0.2, -0.15) is 0 Å². The maximum Gasteiger partial charge on any atom is 0.309 e. The van der Waals surface area contributed by atoms with Crippen LogP contribution < -0.4 is 14.8 Å². The monoisotopic (exact) mass is 295 g/mol. The fraction of sp³-hybridized carbons (Fsp3) is 0.467. The first-order chi connectivity index (χ1) is 9.80. The quantitative estimate of drug-likeness (QED) is 0.807. The van der Waals surface area contributed by atoms with Gasteiger partial charge in [-0.05, 0) is 32.9 Å². The SMILES string of the molecule is CCOc1cc(NC(=O)CC(C)(C)C(=O)O)ccc1OC. The number of amides is 1. The lowest BCUT2D eigenvalue weighted by molar-refractivity contribution is -0.148. The summed E-state index contributed by atoms with van der Waals surface area (Å²) in [6.45, 7) is 5.34. The fourth-order valence-electron chi connectivity index (χ4n) is 1.70. The van der Waals surface area contributed by atoms with Gasteiger partial charge in [-0.3, -0.25) is 9.59 Å². The summed E-state index contributed by atoms with van der Waals surface area (Å²) in [6.07, 6.45) is -0.113. The first-order valence-corrected chi connectivity index (χ1v) is 6.64. The summed E-state index contributed by atoms with van der Waals surface area (Å²) < 4.78 is 10.6. The number of hydrogen-bond acceptors (Lipinski definition) is 4. The van der Waals surface area contributed by atoms with E-state index in [0.29, 0.717) is 23.8 Å². The Morgan fingerprint density at radius 3 is 2.48 bits per heavy atom. The molecule has 0 fully saturated rings. The van der Waals surface area contributed by atoms with Crippen molar-refractivity contribution in [3.8, 4) is 11.5 Å². The normalized spacial score (nSPS) is 10.9. The van der Waals surface area contributed by atoms with Crippen LogP contribution in [0.2, 0.25) is 0 Å². The number of rotatable bonds is 7. The van der Waals surface area contributed by atoms with E-state index in [9.17, 15) is 9.59 Å². The summed E-state index contributed by atoms with van der Waals surface area (Å²) in [6, 6.07) is 5.00. The molecule has 0 aliphatic rings. The molecule has 0 aromatic heterocycles. The lowest BCUT2D eigenvalue weighted by Crippen LogP contribution is -2.29. The molecule has 6 heteroatoms. The highest BCUT2D eigenvalue weighted by Gasteiger charge is 2.30. The minimum absolute atomic E-state index is 0.113. The third kappa shape index (κ3) is 4.66. The summed E-state index contributed by atoms with van der Waals surface area (Å²) in [4.78, 5) is 22.9. The first kappa shape index (κ1) is 16.8. The molecule has 1 aromatic rings. The van der Waals surface area contributed by atoms with Crippen molar-refractivity contribution in [2.45, 2.75) is 27.2 Å². The highest BCUT2D eigenvalue weighted by molar-refractivity contribution is 5.94. The topological polar surface area (TPSA) is 84.9 Å². The molecule has 0 aliphatic carbocycles. The number of carboxylic acids is 1. The predicted octanol–water partition coefficient (Wildman–Crippen LogP) is 2.53. The minimum Gasteiger partial charge on any atom is -0.493 e. The van der Waals surface area contributed by atoms with Gasteiger partial charge in [-0.1, -0.05) is 0 Å². The molecule has 0 saturated carbocycles. The highest BCUT2D eigenvalue weighted by Crippen LogP contribution is 2.30. The second kappa shape index (κ2) is 6.97.